The fourth-order valence-electron chi connectivity index (χ4n) is 11.4. The van der Waals surface area contributed by atoms with Gasteiger partial charge in [0.2, 0.25) is 0 Å². The Morgan fingerprint density at radius 3 is 1.98 bits per heavy atom. The van der Waals surface area contributed by atoms with E-state index in [0.717, 1.165) is 12.8 Å². The van der Waals surface area contributed by atoms with E-state index < -0.39 is 5.41 Å². The van der Waals surface area contributed by atoms with E-state index in [1.54, 1.807) is 0 Å². The van der Waals surface area contributed by atoms with Gasteiger partial charge in [0, 0.05) is 16.9 Å². The maximum Gasteiger partial charge on any atom is 0.0991 e. The van der Waals surface area contributed by atoms with Crippen LogP contribution in [0.15, 0.2) is 170 Å². The van der Waals surface area contributed by atoms with Crippen molar-refractivity contribution in [3.8, 4) is 28.3 Å². The van der Waals surface area contributed by atoms with Crippen LogP contribution in [0.3, 0.4) is 0 Å². The number of nitrogens with zero attached hydrogens (tertiary/aromatic N) is 2. The van der Waals surface area contributed by atoms with Crippen molar-refractivity contribution in [1.29, 1.82) is 5.26 Å². The van der Waals surface area contributed by atoms with Gasteiger partial charge in [0.05, 0.1) is 17.0 Å². The largest absolute Gasteiger partial charge is 0.335 e. The summed E-state index contributed by atoms with van der Waals surface area (Å²) in [6.07, 6.45) is 5.91. The van der Waals surface area contributed by atoms with Crippen molar-refractivity contribution < 1.29 is 0 Å². The van der Waals surface area contributed by atoms with Crippen molar-refractivity contribution in [2.24, 2.45) is 5.41 Å². The second-order valence-corrected chi connectivity index (χ2v) is 17.2. The SMILES string of the molecule is CC12CCCCC1(C)N(c1ccc(C#N)cc1)c1ccc(-c3ccc4c(c3)C(c3ccccc3)(c3ccccc3)c3ccc5c(ccc6ccccc65)c3-4)cc1C2. The minimum atomic E-state index is -0.499. The maximum atomic E-state index is 9.61. The molecule has 274 valence electrons. The van der Waals surface area contributed by atoms with E-state index in [9.17, 15) is 5.26 Å². The van der Waals surface area contributed by atoms with Crippen LogP contribution >= 0.6 is 0 Å². The highest BCUT2D eigenvalue weighted by atomic mass is 15.2. The molecule has 2 heteroatoms. The minimum absolute atomic E-state index is 0.0215. The van der Waals surface area contributed by atoms with Crippen LogP contribution < -0.4 is 4.90 Å². The Hall–Kier alpha value is -6.43. The third-order valence-electron chi connectivity index (χ3n) is 14.4. The lowest BCUT2D eigenvalue weighted by atomic mass is 9.57. The quantitative estimate of drug-likeness (QED) is 0.168. The molecule has 2 nitrogen and oxygen atoms in total. The number of rotatable bonds is 4. The molecule has 57 heavy (non-hydrogen) atoms. The van der Waals surface area contributed by atoms with E-state index in [1.807, 2.05) is 12.1 Å². The van der Waals surface area contributed by atoms with Gasteiger partial charge in [0.1, 0.15) is 0 Å². The Balaban J connectivity index is 1.14. The highest BCUT2D eigenvalue weighted by Crippen LogP contribution is 2.60. The number of hydrogen-bond acceptors (Lipinski definition) is 2. The van der Waals surface area contributed by atoms with Crippen LogP contribution in [0.25, 0.3) is 43.8 Å². The first-order chi connectivity index (χ1) is 27.9. The molecule has 2 aliphatic carbocycles. The molecule has 1 heterocycles. The van der Waals surface area contributed by atoms with Gasteiger partial charge in [-0.2, -0.15) is 5.26 Å². The lowest BCUT2D eigenvalue weighted by Crippen LogP contribution is -2.60. The normalized spacial score (nSPS) is 20.3. The van der Waals surface area contributed by atoms with Crippen molar-refractivity contribution in [1.82, 2.24) is 0 Å². The van der Waals surface area contributed by atoms with Crippen molar-refractivity contribution in [2.45, 2.75) is 56.9 Å². The van der Waals surface area contributed by atoms with Gasteiger partial charge >= 0.3 is 0 Å². The fraction of sp³-hybridized carbons (Fsp3) is 0.182. The highest BCUT2D eigenvalue weighted by molar-refractivity contribution is 6.14. The molecule has 3 aliphatic rings. The molecular formula is C55H44N2. The summed E-state index contributed by atoms with van der Waals surface area (Å²) in [6.45, 7) is 5.01. The van der Waals surface area contributed by atoms with Crippen molar-refractivity contribution in [3.63, 3.8) is 0 Å². The molecular weight excluding hydrogens is 689 g/mol. The predicted molar refractivity (Wildman–Crippen MR) is 236 cm³/mol. The van der Waals surface area contributed by atoms with Crippen molar-refractivity contribution >= 4 is 32.9 Å². The summed E-state index contributed by atoms with van der Waals surface area (Å²) < 4.78 is 0. The molecule has 0 radical (unpaired) electrons. The molecule has 1 aliphatic heterocycles. The molecule has 0 spiro atoms. The topological polar surface area (TPSA) is 27.0 Å². The lowest BCUT2D eigenvalue weighted by Gasteiger charge is -2.60. The summed E-state index contributed by atoms with van der Waals surface area (Å²) in [7, 11) is 0. The van der Waals surface area contributed by atoms with Crippen LogP contribution in [0.2, 0.25) is 0 Å². The zero-order chi connectivity index (χ0) is 38.4. The van der Waals surface area contributed by atoms with Crippen molar-refractivity contribution in [2.75, 3.05) is 4.90 Å². The maximum absolute atomic E-state index is 9.61. The minimum Gasteiger partial charge on any atom is -0.335 e. The van der Waals surface area contributed by atoms with Gasteiger partial charge < -0.3 is 4.90 Å². The number of anilines is 2. The van der Waals surface area contributed by atoms with Gasteiger partial charge in [-0.05, 0) is 146 Å². The van der Waals surface area contributed by atoms with Crippen LogP contribution in [0.4, 0.5) is 11.4 Å². The Bertz CT molecular complexity index is 2880. The average molecular weight is 733 g/mol. The summed E-state index contributed by atoms with van der Waals surface area (Å²) >= 11 is 0. The van der Waals surface area contributed by atoms with Crippen LogP contribution in [-0.2, 0) is 11.8 Å². The van der Waals surface area contributed by atoms with Gasteiger partial charge in [-0.25, -0.2) is 0 Å². The first-order valence-electron chi connectivity index (χ1n) is 20.6. The van der Waals surface area contributed by atoms with Crippen LogP contribution in [0, 0.1) is 16.7 Å². The van der Waals surface area contributed by atoms with E-state index in [2.05, 4.69) is 183 Å². The van der Waals surface area contributed by atoms with E-state index in [0.29, 0.717) is 5.56 Å². The molecule has 2 unspecified atom stereocenters. The molecule has 0 bridgehead atoms. The van der Waals surface area contributed by atoms with Crippen LogP contribution in [-0.4, -0.2) is 5.54 Å². The molecule has 11 rings (SSSR count). The Morgan fingerprint density at radius 2 is 1.23 bits per heavy atom. The first-order valence-corrected chi connectivity index (χ1v) is 20.6. The number of nitriles is 1. The molecule has 0 amide bonds. The van der Waals surface area contributed by atoms with Gasteiger partial charge in [0.25, 0.3) is 0 Å². The summed E-state index contributed by atoms with van der Waals surface area (Å²) in [5, 5.41) is 14.8. The molecule has 2 atom stereocenters. The monoisotopic (exact) mass is 732 g/mol. The summed E-state index contributed by atoms with van der Waals surface area (Å²) in [4.78, 5) is 2.62. The first kappa shape index (κ1) is 33.9. The predicted octanol–water partition coefficient (Wildman–Crippen LogP) is 13.9. The van der Waals surface area contributed by atoms with E-state index >= 15 is 0 Å². The standard InChI is InChI=1S/C55H44N2/c1-53-31-11-12-32-54(53,2)57(44-24-19-37(36-56)20-25-44)51-30-23-39(33-41(51)35-53)40-22-27-48-50(34-40)55(42-14-5-3-6-15-42,43-16-7-4-8-17-43)49-29-28-46-45-18-10-9-13-38(45)21-26-47(46)52(48)49/h3-10,13-30,33-34H,11-12,31-32,35H2,1-2H3. The van der Waals surface area contributed by atoms with Gasteiger partial charge in [-0.1, -0.05) is 147 Å². The summed E-state index contributed by atoms with van der Waals surface area (Å²) in [5.74, 6) is 0. The zero-order valence-electron chi connectivity index (χ0n) is 32.6. The second-order valence-electron chi connectivity index (χ2n) is 17.2. The van der Waals surface area contributed by atoms with E-state index in [1.165, 1.54) is 102 Å². The molecule has 0 aromatic heterocycles. The van der Waals surface area contributed by atoms with E-state index in [4.69, 9.17) is 0 Å². The van der Waals surface area contributed by atoms with Crippen LogP contribution in [0.1, 0.15) is 72.9 Å². The summed E-state index contributed by atoms with van der Waals surface area (Å²) in [6, 6.07) is 65.6. The Labute approximate surface area is 335 Å². The smallest absolute Gasteiger partial charge is 0.0991 e. The highest BCUT2D eigenvalue weighted by Gasteiger charge is 2.54. The molecule has 0 saturated heterocycles. The second kappa shape index (κ2) is 12.5. The van der Waals surface area contributed by atoms with Crippen molar-refractivity contribution in [3.05, 3.63) is 203 Å². The fourth-order valence-corrected chi connectivity index (χ4v) is 11.4. The van der Waals surface area contributed by atoms with E-state index in [-0.39, 0.29) is 11.0 Å². The zero-order valence-corrected chi connectivity index (χ0v) is 32.6. The van der Waals surface area contributed by atoms with Crippen LogP contribution in [0.5, 0.6) is 0 Å². The number of hydrogen-bond donors (Lipinski definition) is 0. The molecule has 0 N–H and O–H groups in total. The Kier molecular flexibility index (Phi) is 7.45. The number of benzene rings is 8. The van der Waals surface area contributed by atoms with Gasteiger partial charge in [0.15, 0.2) is 0 Å². The molecule has 8 aromatic carbocycles. The van der Waals surface area contributed by atoms with Gasteiger partial charge in [-0.15, -0.1) is 0 Å². The molecule has 1 saturated carbocycles. The molecule has 8 aromatic rings. The lowest BCUT2D eigenvalue weighted by molar-refractivity contribution is 0.0863. The number of fused-ring (bicyclic) bond motifs is 9. The van der Waals surface area contributed by atoms with Gasteiger partial charge in [-0.3, -0.25) is 0 Å². The Morgan fingerprint density at radius 1 is 0.561 bits per heavy atom. The third kappa shape index (κ3) is 4.76. The third-order valence-corrected chi connectivity index (χ3v) is 14.4. The molecule has 1 fully saturated rings. The average Bonchev–Trinajstić information content (AvgIpc) is 3.57. The summed E-state index contributed by atoms with van der Waals surface area (Å²) in [5.41, 5.74) is 14.5.